The summed E-state index contributed by atoms with van der Waals surface area (Å²) >= 11 is 2.16. The van der Waals surface area contributed by atoms with Gasteiger partial charge in [-0.3, -0.25) is 0 Å². The molecule has 0 saturated carbocycles. The normalized spacial score (nSPS) is 12.1. The summed E-state index contributed by atoms with van der Waals surface area (Å²) in [5.74, 6) is 0. The molecule has 3 nitrogen and oxygen atoms in total. The van der Waals surface area contributed by atoms with Crippen LogP contribution in [-0.2, 0) is 0 Å². The Labute approximate surface area is 108 Å². The Morgan fingerprint density at radius 1 is 1.12 bits per heavy atom. The van der Waals surface area contributed by atoms with E-state index in [4.69, 9.17) is 4.74 Å². The van der Waals surface area contributed by atoms with Gasteiger partial charge in [-0.15, -0.1) is 0 Å². The Hall–Kier alpha value is -1.17. The summed E-state index contributed by atoms with van der Waals surface area (Å²) in [6.45, 7) is 1.98. The number of ether oxygens (including phenoxy) is 1. The lowest BCUT2D eigenvalue weighted by molar-refractivity contribution is 0.207. The summed E-state index contributed by atoms with van der Waals surface area (Å²) in [4.78, 5) is 8.21. The highest BCUT2D eigenvalue weighted by molar-refractivity contribution is 14.1. The van der Waals surface area contributed by atoms with Crippen LogP contribution in [-0.4, -0.2) is 9.97 Å². The highest BCUT2D eigenvalue weighted by Gasteiger charge is 2.07. The molecular formula is C12H11IN2O. The number of halogens is 1. The summed E-state index contributed by atoms with van der Waals surface area (Å²) < 4.78 is 6.63. The predicted octanol–water partition coefficient (Wildman–Crippen LogP) is 3.22. The maximum atomic E-state index is 5.63. The van der Waals surface area contributed by atoms with Gasteiger partial charge in [-0.2, -0.15) is 0 Å². The zero-order chi connectivity index (χ0) is 11.4. The van der Waals surface area contributed by atoms with Crippen LogP contribution in [0.2, 0.25) is 0 Å². The minimum absolute atomic E-state index is 0.0405. The molecule has 1 unspecified atom stereocenters. The summed E-state index contributed by atoms with van der Waals surface area (Å²) in [5.41, 5.74) is 1.12. The van der Waals surface area contributed by atoms with Crippen molar-refractivity contribution in [1.29, 1.82) is 0 Å². The van der Waals surface area contributed by atoms with Gasteiger partial charge in [0.2, 0.25) is 0 Å². The summed E-state index contributed by atoms with van der Waals surface area (Å²) in [6.07, 6.45) is 3.43. The van der Waals surface area contributed by atoms with E-state index in [2.05, 4.69) is 32.6 Å². The highest BCUT2D eigenvalue weighted by atomic mass is 127. The van der Waals surface area contributed by atoms with Crippen LogP contribution < -0.4 is 4.74 Å². The smallest absolute Gasteiger partial charge is 0.316 e. The quantitative estimate of drug-likeness (QED) is 0.813. The molecule has 0 N–H and O–H groups in total. The molecule has 1 aromatic heterocycles. The van der Waals surface area contributed by atoms with Crippen molar-refractivity contribution >= 4 is 22.6 Å². The van der Waals surface area contributed by atoms with E-state index in [1.165, 1.54) is 0 Å². The third kappa shape index (κ3) is 2.91. The van der Waals surface area contributed by atoms with Crippen LogP contribution in [0.1, 0.15) is 18.6 Å². The molecule has 1 heterocycles. The molecule has 82 valence electrons. The fourth-order valence-corrected chi connectivity index (χ4v) is 1.59. The Kier molecular flexibility index (Phi) is 3.71. The molecule has 2 rings (SSSR count). The number of nitrogens with zero attached hydrogens (tertiary/aromatic N) is 2. The fraction of sp³-hybridized carbons (Fsp3) is 0.167. The maximum Gasteiger partial charge on any atom is 0.316 e. The molecule has 0 aliphatic heterocycles. The van der Waals surface area contributed by atoms with Gasteiger partial charge in [-0.1, -0.05) is 30.3 Å². The van der Waals surface area contributed by atoms with Crippen LogP contribution in [0.15, 0.2) is 42.7 Å². The molecule has 4 heteroatoms. The minimum atomic E-state index is -0.0405. The van der Waals surface area contributed by atoms with E-state index in [0.717, 1.165) is 9.13 Å². The molecule has 0 radical (unpaired) electrons. The lowest BCUT2D eigenvalue weighted by atomic mass is 10.1. The summed E-state index contributed by atoms with van der Waals surface area (Å²) in [7, 11) is 0. The molecule has 0 saturated heterocycles. The molecular weight excluding hydrogens is 315 g/mol. The average Bonchev–Trinajstić information content (AvgIpc) is 2.33. The van der Waals surface area contributed by atoms with E-state index in [1.54, 1.807) is 12.4 Å². The third-order valence-electron chi connectivity index (χ3n) is 2.15. The van der Waals surface area contributed by atoms with Crippen LogP contribution in [0, 0.1) is 3.57 Å². The van der Waals surface area contributed by atoms with Gasteiger partial charge in [0.1, 0.15) is 6.10 Å². The van der Waals surface area contributed by atoms with E-state index < -0.39 is 0 Å². The van der Waals surface area contributed by atoms with Crippen molar-refractivity contribution in [3.63, 3.8) is 0 Å². The second-order valence-corrected chi connectivity index (χ2v) is 4.60. The average molecular weight is 326 g/mol. The monoisotopic (exact) mass is 326 g/mol. The molecule has 16 heavy (non-hydrogen) atoms. The van der Waals surface area contributed by atoms with Gasteiger partial charge in [0, 0.05) is 16.0 Å². The van der Waals surface area contributed by atoms with Gasteiger partial charge < -0.3 is 4.74 Å². The first kappa shape index (κ1) is 11.3. The molecule has 0 aliphatic carbocycles. The van der Waals surface area contributed by atoms with E-state index >= 15 is 0 Å². The number of hydrogen-bond acceptors (Lipinski definition) is 3. The van der Waals surface area contributed by atoms with Gasteiger partial charge in [0.15, 0.2) is 0 Å². The second-order valence-electron chi connectivity index (χ2n) is 3.35. The molecule has 2 aromatic rings. The van der Waals surface area contributed by atoms with E-state index in [1.807, 2.05) is 37.3 Å². The predicted molar refractivity (Wildman–Crippen MR) is 70.2 cm³/mol. The molecule has 0 bridgehead atoms. The second kappa shape index (κ2) is 5.25. The molecule has 1 atom stereocenters. The summed E-state index contributed by atoms with van der Waals surface area (Å²) in [6, 6.07) is 10.4. The van der Waals surface area contributed by atoms with Gasteiger partial charge in [0.05, 0.1) is 0 Å². The Morgan fingerprint density at radius 2 is 1.75 bits per heavy atom. The molecule has 0 spiro atoms. The zero-order valence-electron chi connectivity index (χ0n) is 8.80. The molecule has 0 aliphatic rings. The van der Waals surface area contributed by atoms with Crippen molar-refractivity contribution in [2.75, 3.05) is 0 Å². The van der Waals surface area contributed by atoms with Crippen molar-refractivity contribution in [3.8, 4) is 6.01 Å². The van der Waals surface area contributed by atoms with Crippen LogP contribution >= 0.6 is 22.6 Å². The fourth-order valence-electron chi connectivity index (χ4n) is 1.31. The van der Waals surface area contributed by atoms with Crippen LogP contribution in [0.5, 0.6) is 6.01 Å². The lowest BCUT2D eigenvalue weighted by Crippen LogP contribution is -2.05. The van der Waals surface area contributed by atoms with Crippen molar-refractivity contribution in [2.24, 2.45) is 0 Å². The van der Waals surface area contributed by atoms with Gasteiger partial charge in [0.25, 0.3) is 0 Å². The Morgan fingerprint density at radius 3 is 2.38 bits per heavy atom. The SMILES string of the molecule is CC(Oc1ncc(I)cn1)c1ccccc1. The van der Waals surface area contributed by atoms with E-state index in [-0.39, 0.29) is 6.10 Å². The minimum Gasteiger partial charge on any atom is -0.456 e. The molecule has 1 aromatic carbocycles. The van der Waals surface area contributed by atoms with Crippen molar-refractivity contribution < 1.29 is 4.74 Å². The highest BCUT2D eigenvalue weighted by Crippen LogP contribution is 2.17. The zero-order valence-corrected chi connectivity index (χ0v) is 11.0. The van der Waals surface area contributed by atoms with Gasteiger partial charge >= 0.3 is 6.01 Å². The first-order chi connectivity index (χ1) is 7.75. The largest absolute Gasteiger partial charge is 0.456 e. The lowest BCUT2D eigenvalue weighted by Gasteiger charge is -2.12. The van der Waals surface area contributed by atoms with Crippen LogP contribution in [0.3, 0.4) is 0 Å². The van der Waals surface area contributed by atoms with Crippen molar-refractivity contribution in [3.05, 3.63) is 51.9 Å². The Balaban J connectivity index is 2.08. The number of hydrogen-bond donors (Lipinski definition) is 0. The topological polar surface area (TPSA) is 35.0 Å². The standard InChI is InChI=1S/C12H11IN2O/c1-9(10-5-3-2-4-6-10)16-12-14-7-11(13)8-15-12/h2-9H,1H3. The van der Waals surface area contributed by atoms with E-state index in [0.29, 0.717) is 6.01 Å². The third-order valence-corrected chi connectivity index (χ3v) is 2.70. The number of aromatic nitrogens is 2. The molecule has 0 fully saturated rings. The van der Waals surface area contributed by atoms with Gasteiger partial charge in [-0.05, 0) is 35.1 Å². The first-order valence-electron chi connectivity index (χ1n) is 4.95. The first-order valence-corrected chi connectivity index (χ1v) is 6.03. The molecule has 0 amide bonds. The maximum absolute atomic E-state index is 5.63. The number of rotatable bonds is 3. The van der Waals surface area contributed by atoms with Crippen LogP contribution in [0.25, 0.3) is 0 Å². The Bertz CT molecular complexity index is 444. The summed E-state index contributed by atoms with van der Waals surface area (Å²) in [5, 5.41) is 0. The van der Waals surface area contributed by atoms with Crippen molar-refractivity contribution in [1.82, 2.24) is 9.97 Å². The number of benzene rings is 1. The van der Waals surface area contributed by atoms with Crippen LogP contribution in [0.4, 0.5) is 0 Å². The van der Waals surface area contributed by atoms with E-state index in [9.17, 15) is 0 Å². The van der Waals surface area contributed by atoms with Gasteiger partial charge in [-0.25, -0.2) is 9.97 Å². The van der Waals surface area contributed by atoms with Crippen molar-refractivity contribution in [2.45, 2.75) is 13.0 Å².